The summed E-state index contributed by atoms with van der Waals surface area (Å²) in [6.45, 7) is 6.70. The van der Waals surface area contributed by atoms with Crippen molar-refractivity contribution in [3.05, 3.63) is 0 Å². The summed E-state index contributed by atoms with van der Waals surface area (Å²) < 4.78 is 5.60. The fourth-order valence-corrected chi connectivity index (χ4v) is 1.05. The lowest BCUT2D eigenvalue weighted by Gasteiger charge is -2.38. The van der Waals surface area contributed by atoms with Crippen molar-refractivity contribution in [3.63, 3.8) is 0 Å². The van der Waals surface area contributed by atoms with Crippen LogP contribution in [0.3, 0.4) is 0 Å². The second-order valence-corrected chi connectivity index (χ2v) is 3.08. The molecular weight excluding hydrogens is 138 g/mol. The summed E-state index contributed by atoms with van der Waals surface area (Å²) in [6.07, 6.45) is 0.853. The Morgan fingerprint density at radius 2 is 2.27 bits per heavy atom. The van der Waals surface area contributed by atoms with Crippen molar-refractivity contribution >= 4 is 0 Å². The third kappa shape index (κ3) is 2.53. The van der Waals surface area contributed by atoms with Crippen LogP contribution in [0.5, 0.6) is 0 Å². The van der Waals surface area contributed by atoms with E-state index >= 15 is 0 Å². The van der Waals surface area contributed by atoms with Gasteiger partial charge in [-0.2, -0.15) is 0 Å². The molecule has 0 radical (unpaired) electrons. The molecule has 2 nitrogen and oxygen atoms in total. The predicted molar refractivity (Wildman–Crippen MR) is 45.3 cm³/mol. The Labute approximate surface area is 68.3 Å². The average Bonchev–Trinajstić information content (AvgIpc) is 1.95. The SMILES string of the molecule is CC#CCCOC1(C)CNC1. The second-order valence-electron chi connectivity index (χ2n) is 3.08. The summed E-state index contributed by atoms with van der Waals surface area (Å²) in [7, 11) is 0. The molecule has 0 saturated carbocycles. The van der Waals surface area contributed by atoms with Crippen molar-refractivity contribution < 1.29 is 4.74 Å². The number of ether oxygens (including phenoxy) is 1. The van der Waals surface area contributed by atoms with Gasteiger partial charge in [-0.3, -0.25) is 0 Å². The lowest BCUT2D eigenvalue weighted by Crippen LogP contribution is -2.59. The maximum atomic E-state index is 5.60. The van der Waals surface area contributed by atoms with Crippen LogP contribution in [-0.2, 0) is 4.74 Å². The van der Waals surface area contributed by atoms with Gasteiger partial charge in [-0.15, -0.1) is 11.8 Å². The highest BCUT2D eigenvalue weighted by Gasteiger charge is 2.31. The van der Waals surface area contributed by atoms with E-state index < -0.39 is 0 Å². The molecule has 0 bridgehead atoms. The molecule has 0 aromatic heterocycles. The van der Waals surface area contributed by atoms with E-state index in [0.717, 1.165) is 26.1 Å². The molecule has 1 fully saturated rings. The van der Waals surface area contributed by atoms with Gasteiger partial charge in [0.05, 0.1) is 12.2 Å². The Kier molecular flexibility index (Phi) is 2.92. The molecule has 1 aliphatic rings. The molecule has 1 N–H and O–H groups in total. The fourth-order valence-electron chi connectivity index (χ4n) is 1.05. The topological polar surface area (TPSA) is 21.3 Å². The van der Waals surface area contributed by atoms with Crippen molar-refractivity contribution in [2.45, 2.75) is 25.9 Å². The summed E-state index contributed by atoms with van der Waals surface area (Å²) in [5.41, 5.74) is 0.0927. The molecule has 1 aliphatic heterocycles. The average molecular weight is 153 g/mol. The maximum Gasteiger partial charge on any atom is 0.0902 e. The highest BCUT2D eigenvalue weighted by atomic mass is 16.5. The van der Waals surface area contributed by atoms with E-state index in [0.29, 0.717) is 0 Å². The number of hydrogen-bond donors (Lipinski definition) is 1. The van der Waals surface area contributed by atoms with Gasteiger partial charge >= 0.3 is 0 Å². The monoisotopic (exact) mass is 153 g/mol. The van der Waals surface area contributed by atoms with E-state index in [9.17, 15) is 0 Å². The third-order valence-corrected chi connectivity index (χ3v) is 1.85. The van der Waals surface area contributed by atoms with Gasteiger partial charge in [0, 0.05) is 19.5 Å². The number of rotatable bonds is 3. The molecule has 62 valence electrons. The van der Waals surface area contributed by atoms with Crippen LogP contribution < -0.4 is 5.32 Å². The highest BCUT2D eigenvalue weighted by Crippen LogP contribution is 2.14. The fraction of sp³-hybridized carbons (Fsp3) is 0.778. The molecule has 0 unspecified atom stereocenters. The van der Waals surface area contributed by atoms with Crippen molar-refractivity contribution in [2.24, 2.45) is 0 Å². The molecule has 2 heteroatoms. The first-order chi connectivity index (χ1) is 5.27. The summed E-state index contributed by atoms with van der Waals surface area (Å²) >= 11 is 0. The minimum atomic E-state index is 0.0927. The van der Waals surface area contributed by atoms with Crippen LogP contribution in [0.2, 0.25) is 0 Å². The molecule has 0 aromatic carbocycles. The maximum absolute atomic E-state index is 5.60. The molecule has 11 heavy (non-hydrogen) atoms. The van der Waals surface area contributed by atoms with Gasteiger partial charge in [-0.25, -0.2) is 0 Å². The zero-order valence-electron chi connectivity index (χ0n) is 7.24. The van der Waals surface area contributed by atoms with Crippen LogP contribution in [0, 0.1) is 11.8 Å². The van der Waals surface area contributed by atoms with Gasteiger partial charge in [-0.1, -0.05) is 0 Å². The smallest absolute Gasteiger partial charge is 0.0902 e. The molecule has 0 atom stereocenters. The van der Waals surface area contributed by atoms with Crippen molar-refractivity contribution in [2.75, 3.05) is 19.7 Å². The predicted octanol–water partition coefficient (Wildman–Crippen LogP) is 0.778. The highest BCUT2D eigenvalue weighted by molar-refractivity contribution is 4.95. The van der Waals surface area contributed by atoms with Crippen molar-refractivity contribution in [3.8, 4) is 11.8 Å². The minimum Gasteiger partial charge on any atom is -0.372 e. The summed E-state index contributed by atoms with van der Waals surface area (Å²) in [4.78, 5) is 0. The Morgan fingerprint density at radius 1 is 1.55 bits per heavy atom. The van der Waals surface area contributed by atoms with Crippen LogP contribution in [0.4, 0.5) is 0 Å². The van der Waals surface area contributed by atoms with Gasteiger partial charge in [0.1, 0.15) is 0 Å². The molecule has 0 amide bonds. The first kappa shape index (κ1) is 8.58. The molecule has 1 heterocycles. The molecular formula is C9H15NO. The first-order valence-corrected chi connectivity index (χ1v) is 4.01. The van der Waals surface area contributed by atoms with E-state index in [-0.39, 0.29) is 5.60 Å². The van der Waals surface area contributed by atoms with E-state index in [1.807, 2.05) is 6.92 Å². The Morgan fingerprint density at radius 3 is 2.73 bits per heavy atom. The van der Waals surface area contributed by atoms with Crippen LogP contribution in [0.25, 0.3) is 0 Å². The van der Waals surface area contributed by atoms with Crippen LogP contribution in [0.15, 0.2) is 0 Å². The van der Waals surface area contributed by atoms with Crippen LogP contribution >= 0.6 is 0 Å². The number of hydrogen-bond acceptors (Lipinski definition) is 2. The Balaban J connectivity index is 2.05. The Bertz CT molecular complexity index is 174. The van der Waals surface area contributed by atoms with Crippen molar-refractivity contribution in [1.82, 2.24) is 5.32 Å². The normalized spacial score (nSPS) is 19.8. The molecule has 1 rings (SSSR count). The molecule has 0 aliphatic carbocycles. The summed E-state index contributed by atoms with van der Waals surface area (Å²) in [6, 6.07) is 0. The van der Waals surface area contributed by atoms with Gasteiger partial charge in [-0.05, 0) is 13.8 Å². The van der Waals surface area contributed by atoms with E-state index in [1.54, 1.807) is 0 Å². The zero-order chi connectivity index (χ0) is 8.16. The van der Waals surface area contributed by atoms with Gasteiger partial charge in [0.15, 0.2) is 0 Å². The van der Waals surface area contributed by atoms with Crippen LogP contribution in [0.1, 0.15) is 20.3 Å². The third-order valence-electron chi connectivity index (χ3n) is 1.85. The lowest BCUT2D eigenvalue weighted by atomic mass is 10.0. The van der Waals surface area contributed by atoms with E-state index in [2.05, 4.69) is 24.1 Å². The van der Waals surface area contributed by atoms with Crippen molar-refractivity contribution in [1.29, 1.82) is 0 Å². The molecule has 0 aromatic rings. The Hall–Kier alpha value is -0.520. The van der Waals surface area contributed by atoms with E-state index in [4.69, 9.17) is 4.74 Å². The summed E-state index contributed by atoms with van der Waals surface area (Å²) in [5, 5.41) is 3.18. The first-order valence-electron chi connectivity index (χ1n) is 4.01. The quantitative estimate of drug-likeness (QED) is 0.478. The molecule has 1 saturated heterocycles. The zero-order valence-corrected chi connectivity index (χ0v) is 7.24. The standard InChI is InChI=1S/C9H15NO/c1-3-4-5-6-11-9(2)7-10-8-9/h10H,5-8H2,1-2H3. The minimum absolute atomic E-state index is 0.0927. The summed E-state index contributed by atoms with van der Waals surface area (Å²) in [5.74, 6) is 5.82. The van der Waals surface area contributed by atoms with Gasteiger partial charge in [0.25, 0.3) is 0 Å². The van der Waals surface area contributed by atoms with Gasteiger partial charge in [0.2, 0.25) is 0 Å². The van der Waals surface area contributed by atoms with E-state index in [1.165, 1.54) is 0 Å². The van der Waals surface area contributed by atoms with Crippen LogP contribution in [-0.4, -0.2) is 25.3 Å². The van der Waals surface area contributed by atoms with Gasteiger partial charge < -0.3 is 10.1 Å². The molecule has 0 spiro atoms. The second kappa shape index (κ2) is 3.75. The lowest BCUT2D eigenvalue weighted by molar-refractivity contribution is -0.0641. The largest absolute Gasteiger partial charge is 0.372 e. The number of nitrogens with one attached hydrogen (secondary N) is 1.